The standard InChI is InChI=1S/C17H12ClF2N/c1-10-14(19)9-13(17(20)16(10)18)8-11-4-5-15-12(7-11)3-2-6-21-15/h2-7,9H,8H2,1H3. The van der Waals surface area contributed by atoms with Gasteiger partial charge in [0.15, 0.2) is 0 Å². The average Bonchev–Trinajstić information content (AvgIpc) is 2.50. The van der Waals surface area contributed by atoms with Crippen LogP contribution < -0.4 is 0 Å². The van der Waals surface area contributed by atoms with Gasteiger partial charge in [-0.2, -0.15) is 0 Å². The zero-order chi connectivity index (χ0) is 15.0. The van der Waals surface area contributed by atoms with Gasteiger partial charge in [-0.05, 0) is 42.3 Å². The molecular formula is C17H12ClF2N. The van der Waals surface area contributed by atoms with E-state index in [9.17, 15) is 8.78 Å². The molecule has 1 heterocycles. The van der Waals surface area contributed by atoms with Gasteiger partial charge in [-0.1, -0.05) is 23.7 Å². The molecule has 1 aromatic heterocycles. The fraction of sp³-hybridized carbons (Fsp3) is 0.118. The number of pyridine rings is 1. The largest absolute Gasteiger partial charge is 0.256 e. The minimum absolute atomic E-state index is 0.139. The molecule has 0 saturated heterocycles. The summed E-state index contributed by atoms with van der Waals surface area (Å²) in [7, 11) is 0. The van der Waals surface area contributed by atoms with E-state index >= 15 is 0 Å². The van der Waals surface area contributed by atoms with E-state index in [1.54, 1.807) is 6.20 Å². The van der Waals surface area contributed by atoms with Crippen LogP contribution in [0.4, 0.5) is 8.78 Å². The van der Waals surface area contributed by atoms with E-state index in [4.69, 9.17) is 11.6 Å². The van der Waals surface area contributed by atoms with Crippen molar-refractivity contribution in [3.8, 4) is 0 Å². The van der Waals surface area contributed by atoms with Crippen molar-refractivity contribution in [2.24, 2.45) is 0 Å². The van der Waals surface area contributed by atoms with Crippen molar-refractivity contribution < 1.29 is 8.78 Å². The zero-order valence-corrected chi connectivity index (χ0v) is 12.1. The van der Waals surface area contributed by atoms with Gasteiger partial charge in [0.1, 0.15) is 11.6 Å². The van der Waals surface area contributed by atoms with Crippen LogP contribution in [0, 0.1) is 18.6 Å². The molecule has 0 atom stereocenters. The molecule has 0 saturated carbocycles. The zero-order valence-electron chi connectivity index (χ0n) is 11.3. The summed E-state index contributed by atoms with van der Waals surface area (Å²) in [4.78, 5) is 4.23. The van der Waals surface area contributed by atoms with Crippen molar-refractivity contribution in [3.05, 3.63) is 75.9 Å². The van der Waals surface area contributed by atoms with Gasteiger partial charge in [0.25, 0.3) is 0 Å². The summed E-state index contributed by atoms with van der Waals surface area (Å²) in [5.74, 6) is -1.04. The fourth-order valence-corrected chi connectivity index (χ4v) is 2.53. The lowest BCUT2D eigenvalue weighted by atomic mass is 10.0. The van der Waals surface area contributed by atoms with Gasteiger partial charge in [-0.3, -0.25) is 4.98 Å². The molecule has 2 aromatic carbocycles. The van der Waals surface area contributed by atoms with E-state index in [1.165, 1.54) is 13.0 Å². The van der Waals surface area contributed by atoms with Gasteiger partial charge in [-0.15, -0.1) is 0 Å². The molecule has 3 aromatic rings. The smallest absolute Gasteiger partial charge is 0.145 e. The number of hydrogen-bond acceptors (Lipinski definition) is 1. The first-order chi connectivity index (χ1) is 10.1. The lowest BCUT2D eigenvalue weighted by Gasteiger charge is -2.09. The molecule has 0 spiro atoms. The third-order valence-electron chi connectivity index (χ3n) is 3.53. The highest BCUT2D eigenvalue weighted by Gasteiger charge is 2.14. The molecule has 106 valence electrons. The summed E-state index contributed by atoms with van der Waals surface area (Å²) < 4.78 is 27.8. The minimum Gasteiger partial charge on any atom is -0.256 e. The summed E-state index contributed by atoms with van der Waals surface area (Å²) >= 11 is 5.82. The molecule has 0 fully saturated rings. The summed E-state index contributed by atoms with van der Waals surface area (Å²) in [6, 6.07) is 10.6. The predicted octanol–water partition coefficient (Wildman–Crippen LogP) is 5.07. The SMILES string of the molecule is Cc1c(F)cc(Cc2ccc3ncccc3c2)c(F)c1Cl. The number of halogens is 3. The Morgan fingerprint density at radius 2 is 1.95 bits per heavy atom. The van der Waals surface area contributed by atoms with Crippen molar-refractivity contribution in [1.29, 1.82) is 0 Å². The molecule has 0 aliphatic heterocycles. The molecule has 21 heavy (non-hydrogen) atoms. The van der Waals surface area contributed by atoms with Crippen LogP contribution in [0.15, 0.2) is 42.6 Å². The molecule has 0 bridgehead atoms. The Labute approximate surface area is 126 Å². The van der Waals surface area contributed by atoms with Gasteiger partial charge in [0, 0.05) is 23.6 Å². The minimum atomic E-state index is -0.554. The van der Waals surface area contributed by atoms with E-state index < -0.39 is 11.6 Å². The number of aromatic nitrogens is 1. The molecule has 0 aliphatic rings. The summed E-state index contributed by atoms with van der Waals surface area (Å²) in [6.07, 6.45) is 2.00. The van der Waals surface area contributed by atoms with Gasteiger partial charge in [-0.25, -0.2) is 8.78 Å². The Morgan fingerprint density at radius 3 is 2.76 bits per heavy atom. The number of fused-ring (bicyclic) bond motifs is 1. The summed E-state index contributed by atoms with van der Waals surface area (Å²) in [5, 5.41) is 0.821. The van der Waals surface area contributed by atoms with Crippen LogP contribution in [0.1, 0.15) is 16.7 Å². The molecule has 3 rings (SSSR count). The number of benzene rings is 2. The first-order valence-corrected chi connectivity index (χ1v) is 6.90. The summed E-state index contributed by atoms with van der Waals surface area (Å²) in [5.41, 5.74) is 2.15. The van der Waals surface area contributed by atoms with Crippen LogP contribution >= 0.6 is 11.6 Å². The Hall–Kier alpha value is -2.00. The highest BCUT2D eigenvalue weighted by atomic mass is 35.5. The van der Waals surface area contributed by atoms with Gasteiger partial charge < -0.3 is 0 Å². The first-order valence-electron chi connectivity index (χ1n) is 6.53. The topological polar surface area (TPSA) is 12.9 Å². The van der Waals surface area contributed by atoms with E-state index in [2.05, 4.69) is 4.98 Å². The second-order valence-corrected chi connectivity index (χ2v) is 5.36. The first kappa shape index (κ1) is 14.0. The Kier molecular flexibility index (Phi) is 3.60. The lowest BCUT2D eigenvalue weighted by Crippen LogP contribution is -1.98. The quantitative estimate of drug-likeness (QED) is 0.603. The number of rotatable bonds is 2. The molecule has 4 heteroatoms. The van der Waals surface area contributed by atoms with E-state index in [0.717, 1.165) is 16.5 Å². The third kappa shape index (κ3) is 2.61. The van der Waals surface area contributed by atoms with Gasteiger partial charge in [0.2, 0.25) is 0 Å². The van der Waals surface area contributed by atoms with Gasteiger partial charge >= 0.3 is 0 Å². The normalized spacial score (nSPS) is 11.0. The fourth-order valence-electron chi connectivity index (χ4n) is 2.32. The van der Waals surface area contributed by atoms with Crippen molar-refractivity contribution in [2.75, 3.05) is 0 Å². The maximum atomic E-state index is 14.1. The highest BCUT2D eigenvalue weighted by molar-refractivity contribution is 6.31. The van der Waals surface area contributed by atoms with Crippen LogP contribution in [0.25, 0.3) is 10.9 Å². The summed E-state index contributed by atoms with van der Waals surface area (Å²) in [6.45, 7) is 1.46. The van der Waals surface area contributed by atoms with Crippen LogP contribution in [0.5, 0.6) is 0 Å². The molecular weight excluding hydrogens is 292 g/mol. The maximum absolute atomic E-state index is 14.1. The van der Waals surface area contributed by atoms with Crippen molar-refractivity contribution in [1.82, 2.24) is 4.98 Å². The van der Waals surface area contributed by atoms with Crippen molar-refractivity contribution >= 4 is 22.5 Å². The van der Waals surface area contributed by atoms with Crippen LogP contribution in [0.2, 0.25) is 5.02 Å². The molecule has 1 nitrogen and oxygen atoms in total. The molecule has 0 N–H and O–H groups in total. The van der Waals surface area contributed by atoms with Gasteiger partial charge in [0.05, 0.1) is 10.5 Å². The van der Waals surface area contributed by atoms with E-state index in [1.807, 2.05) is 30.3 Å². The highest BCUT2D eigenvalue weighted by Crippen LogP contribution is 2.27. The third-order valence-corrected chi connectivity index (χ3v) is 3.97. The van der Waals surface area contributed by atoms with Crippen LogP contribution in [-0.4, -0.2) is 4.98 Å². The Bertz CT molecular complexity index is 830. The molecule has 0 amide bonds. The lowest BCUT2D eigenvalue weighted by molar-refractivity contribution is 0.582. The number of hydrogen-bond donors (Lipinski definition) is 0. The van der Waals surface area contributed by atoms with Crippen LogP contribution in [0.3, 0.4) is 0 Å². The molecule has 0 unspecified atom stereocenters. The van der Waals surface area contributed by atoms with Crippen molar-refractivity contribution in [3.63, 3.8) is 0 Å². The predicted molar refractivity (Wildman–Crippen MR) is 80.7 cm³/mol. The second kappa shape index (κ2) is 5.41. The second-order valence-electron chi connectivity index (χ2n) is 4.98. The van der Waals surface area contributed by atoms with Crippen molar-refractivity contribution in [2.45, 2.75) is 13.3 Å². The average molecular weight is 304 g/mol. The maximum Gasteiger partial charge on any atom is 0.145 e. The molecule has 0 aliphatic carbocycles. The van der Waals surface area contributed by atoms with Crippen LogP contribution in [-0.2, 0) is 6.42 Å². The Morgan fingerprint density at radius 1 is 1.14 bits per heavy atom. The number of nitrogens with zero attached hydrogens (tertiary/aromatic N) is 1. The van der Waals surface area contributed by atoms with E-state index in [-0.39, 0.29) is 22.6 Å². The molecule has 0 radical (unpaired) electrons. The Balaban J connectivity index is 2.02. The monoisotopic (exact) mass is 303 g/mol. The van der Waals surface area contributed by atoms with E-state index in [0.29, 0.717) is 0 Å².